The molecule has 70 heavy (non-hydrogen) atoms. The number of rotatable bonds is 8. The lowest BCUT2D eigenvalue weighted by molar-refractivity contribution is 0.660. The van der Waals surface area contributed by atoms with Gasteiger partial charge in [-0.05, 0) is 135 Å². The van der Waals surface area contributed by atoms with Gasteiger partial charge in [-0.2, -0.15) is 0 Å². The van der Waals surface area contributed by atoms with Crippen LogP contribution in [0.25, 0.3) is 99.1 Å². The predicted molar refractivity (Wildman–Crippen MR) is 298 cm³/mol. The Morgan fingerprint density at radius 3 is 1.41 bits per heavy atom. The Kier molecular flexibility index (Phi) is 9.92. The van der Waals surface area contributed by atoms with Gasteiger partial charge in [0, 0.05) is 22.2 Å². The number of nitrogens with zero attached hydrogens (tertiary/aromatic N) is 1. The van der Waals surface area contributed by atoms with E-state index in [0.717, 1.165) is 17.1 Å². The van der Waals surface area contributed by atoms with Crippen molar-refractivity contribution in [3.63, 3.8) is 0 Å². The van der Waals surface area contributed by atoms with Crippen LogP contribution >= 0.6 is 0 Å². The van der Waals surface area contributed by atoms with E-state index < -0.39 is 0 Å². The monoisotopic (exact) mass is 891 g/mol. The van der Waals surface area contributed by atoms with Gasteiger partial charge in [-0.15, -0.1) is 0 Å². The molecule has 12 aromatic rings. The van der Waals surface area contributed by atoms with Crippen molar-refractivity contribution in [1.29, 1.82) is 0 Å². The lowest BCUT2D eigenvalue weighted by atomic mass is 9.81. The largest absolute Gasteiger partial charge is 0.309 e. The van der Waals surface area contributed by atoms with Crippen LogP contribution in [-0.4, -0.2) is 0 Å². The van der Waals surface area contributed by atoms with E-state index >= 15 is 0 Å². The van der Waals surface area contributed by atoms with Crippen molar-refractivity contribution in [3.05, 3.63) is 272 Å². The smallest absolute Gasteiger partial charge is 0.0544 e. The lowest BCUT2D eigenvalue weighted by Gasteiger charge is -2.32. The lowest BCUT2D eigenvalue weighted by Crippen LogP contribution is -2.17. The molecule has 0 bridgehead atoms. The van der Waals surface area contributed by atoms with Crippen molar-refractivity contribution in [2.24, 2.45) is 0 Å². The summed E-state index contributed by atoms with van der Waals surface area (Å²) in [6, 6.07) is 96.4. The fourth-order valence-electron chi connectivity index (χ4n) is 11.5. The Labute approximate surface area is 410 Å². The SMILES string of the molecule is CC1(C)c2ccc(-c3cccc4ccccc34)cc2-c2cc(-c3cccc4ccccc34)c(N(c3ccc(-c4cccc5cccc(-c6ccccc6)c45)cc3)c3ccccc3-c3ccccc3)cc21. The molecule has 0 N–H and O–H groups in total. The summed E-state index contributed by atoms with van der Waals surface area (Å²) in [5.74, 6) is 0. The first-order valence-electron chi connectivity index (χ1n) is 24.4. The van der Waals surface area contributed by atoms with E-state index in [1.165, 1.54) is 110 Å². The molecule has 0 atom stereocenters. The fourth-order valence-corrected chi connectivity index (χ4v) is 11.5. The van der Waals surface area contributed by atoms with E-state index in [0.29, 0.717) is 0 Å². The molecule has 0 saturated heterocycles. The van der Waals surface area contributed by atoms with Crippen LogP contribution in [-0.2, 0) is 5.41 Å². The van der Waals surface area contributed by atoms with Crippen LogP contribution < -0.4 is 4.90 Å². The molecule has 0 amide bonds. The van der Waals surface area contributed by atoms with Crippen LogP contribution in [0.5, 0.6) is 0 Å². The van der Waals surface area contributed by atoms with E-state index in [-0.39, 0.29) is 5.41 Å². The normalized spacial score (nSPS) is 12.5. The number of anilines is 3. The highest BCUT2D eigenvalue weighted by Crippen LogP contribution is 2.56. The maximum absolute atomic E-state index is 2.53. The van der Waals surface area contributed by atoms with Crippen molar-refractivity contribution in [2.45, 2.75) is 19.3 Å². The topological polar surface area (TPSA) is 3.24 Å². The Hall–Kier alpha value is -8.78. The van der Waals surface area contributed by atoms with Crippen molar-refractivity contribution in [3.8, 4) is 66.8 Å². The minimum atomic E-state index is -0.271. The Morgan fingerprint density at radius 2 is 0.743 bits per heavy atom. The second-order valence-electron chi connectivity index (χ2n) is 19.2. The van der Waals surface area contributed by atoms with E-state index in [2.05, 4.69) is 280 Å². The third-order valence-electron chi connectivity index (χ3n) is 14.9. The maximum atomic E-state index is 2.53. The third-order valence-corrected chi connectivity index (χ3v) is 14.9. The van der Waals surface area contributed by atoms with Gasteiger partial charge in [0.2, 0.25) is 0 Å². The van der Waals surface area contributed by atoms with Gasteiger partial charge in [0.1, 0.15) is 0 Å². The van der Waals surface area contributed by atoms with Gasteiger partial charge in [-0.1, -0.05) is 238 Å². The zero-order valence-corrected chi connectivity index (χ0v) is 39.3. The summed E-state index contributed by atoms with van der Waals surface area (Å²) in [6.07, 6.45) is 0. The molecular formula is C69H49N. The highest BCUT2D eigenvalue weighted by atomic mass is 15.1. The van der Waals surface area contributed by atoms with Crippen LogP contribution in [0.3, 0.4) is 0 Å². The summed E-state index contributed by atoms with van der Waals surface area (Å²) in [5.41, 5.74) is 20.4. The molecular weight excluding hydrogens is 843 g/mol. The van der Waals surface area contributed by atoms with Crippen molar-refractivity contribution < 1.29 is 0 Å². The number of hydrogen-bond acceptors (Lipinski definition) is 1. The van der Waals surface area contributed by atoms with E-state index in [4.69, 9.17) is 0 Å². The molecule has 0 saturated carbocycles. The quantitative estimate of drug-likeness (QED) is 0.147. The van der Waals surface area contributed by atoms with Gasteiger partial charge in [-0.25, -0.2) is 0 Å². The minimum absolute atomic E-state index is 0.271. The first-order chi connectivity index (χ1) is 34.5. The molecule has 1 aliphatic rings. The van der Waals surface area contributed by atoms with Gasteiger partial charge < -0.3 is 4.90 Å². The molecule has 0 aliphatic heterocycles. The second kappa shape index (κ2) is 16.8. The number of hydrogen-bond donors (Lipinski definition) is 0. The molecule has 1 aliphatic carbocycles. The van der Waals surface area contributed by atoms with Gasteiger partial charge in [-0.3, -0.25) is 0 Å². The van der Waals surface area contributed by atoms with Crippen LogP contribution in [0, 0.1) is 0 Å². The average Bonchev–Trinajstić information content (AvgIpc) is 3.64. The summed E-state index contributed by atoms with van der Waals surface area (Å²) in [5, 5.41) is 7.46. The average molecular weight is 892 g/mol. The summed E-state index contributed by atoms with van der Waals surface area (Å²) in [6.45, 7) is 4.81. The number of benzene rings is 12. The van der Waals surface area contributed by atoms with Crippen molar-refractivity contribution in [2.75, 3.05) is 4.90 Å². The van der Waals surface area contributed by atoms with Crippen LogP contribution in [0.2, 0.25) is 0 Å². The zero-order valence-electron chi connectivity index (χ0n) is 39.3. The van der Waals surface area contributed by atoms with Crippen molar-refractivity contribution in [1.82, 2.24) is 0 Å². The van der Waals surface area contributed by atoms with Crippen LogP contribution in [0.4, 0.5) is 17.1 Å². The zero-order chi connectivity index (χ0) is 46.8. The molecule has 0 heterocycles. The van der Waals surface area contributed by atoms with E-state index in [1.807, 2.05) is 0 Å². The summed E-state index contributed by atoms with van der Waals surface area (Å²) in [4.78, 5) is 2.53. The third kappa shape index (κ3) is 6.85. The molecule has 12 aromatic carbocycles. The maximum Gasteiger partial charge on any atom is 0.0544 e. The van der Waals surface area contributed by atoms with Crippen LogP contribution in [0.15, 0.2) is 261 Å². The summed E-state index contributed by atoms with van der Waals surface area (Å²) in [7, 11) is 0. The minimum Gasteiger partial charge on any atom is -0.309 e. The standard InChI is InChI=1S/C69H49N/c1-69(2)64-42-39-52(56-32-15-25-46-23-9-11-29-54(46)56)43-61(64)62-44-63(60-35-16-26-47-24-10-12-30-55(47)60)67(45-65(62)69)70(66-36-14-13-31-57(66)48-19-5-3-6-20-48)53-40-37-50(38-41-53)59-34-18-28-51-27-17-33-58(68(51)59)49-21-7-4-8-22-49/h3-45H,1-2H3. The van der Waals surface area contributed by atoms with Gasteiger partial charge >= 0.3 is 0 Å². The van der Waals surface area contributed by atoms with Crippen molar-refractivity contribution >= 4 is 49.4 Å². The molecule has 1 heteroatoms. The fraction of sp³-hybridized carbons (Fsp3) is 0.0435. The Balaban J connectivity index is 1.06. The number of para-hydroxylation sites is 1. The first kappa shape index (κ1) is 41.4. The molecule has 330 valence electrons. The van der Waals surface area contributed by atoms with Gasteiger partial charge in [0.05, 0.1) is 11.4 Å². The highest BCUT2D eigenvalue weighted by Gasteiger charge is 2.38. The van der Waals surface area contributed by atoms with Crippen LogP contribution in [0.1, 0.15) is 25.0 Å². The molecule has 0 aromatic heterocycles. The number of fused-ring (bicyclic) bond motifs is 6. The summed E-state index contributed by atoms with van der Waals surface area (Å²) < 4.78 is 0. The highest BCUT2D eigenvalue weighted by molar-refractivity contribution is 6.08. The second-order valence-corrected chi connectivity index (χ2v) is 19.2. The van der Waals surface area contributed by atoms with E-state index in [1.54, 1.807) is 0 Å². The molecule has 0 unspecified atom stereocenters. The molecule has 0 spiro atoms. The first-order valence-corrected chi connectivity index (χ1v) is 24.4. The summed E-state index contributed by atoms with van der Waals surface area (Å²) >= 11 is 0. The van der Waals surface area contributed by atoms with Gasteiger partial charge in [0.25, 0.3) is 0 Å². The molecule has 1 nitrogen and oxygen atoms in total. The Bertz CT molecular complexity index is 3940. The molecule has 13 rings (SSSR count). The molecule has 0 radical (unpaired) electrons. The van der Waals surface area contributed by atoms with E-state index in [9.17, 15) is 0 Å². The predicted octanol–water partition coefficient (Wildman–Crippen LogP) is 19.3. The Morgan fingerprint density at radius 1 is 0.271 bits per heavy atom. The molecule has 0 fully saturated rings. The van der Waals surface area contributed by atoms with Gasteiger partial charge in [0.15, 0.2) is 0 Å².